The van der Waals surface area contributed by atoms with Gasteiger partial charge in [-0.3, -0.25) is 0 Å². The van der Waals surface area contributed by atoms with Crippen LogP contribution in [0.1, 0.15) is 151 Å². The van der Waals surface area contributed by atoms with E-state index in [2.05, 4.69) is 20.8 Å². The maximum Gasteiger partial charge on any atom is 0.339 e. The molecule has 0 aliphatic rings. The summed E-state index contributed by atoms with van der Waals surface area (Å²) in [7, 11) is 0. The van der Waals surface area contributed by atoms with Gasteiger partial charge in [-0.25, -0.2) is 9.59 Å². The third-order valence-electron chi connectivity index (χ3n) is 6.55. The van der Waals surface area contributed by atoms with Gasteiger partial charge in [-0.15, -0.1) is 0 Å². The first kappa shape index (κ1) is 31.2. The Bertz CT molecular complexity index is 682. The summed E-state index contributed by atoms with van der Waals surface area (Å²) < 4.78 is 11.1. The third-order valence-corrected chi connectivity index (χ3v) is 6.55. The lowest BCUT2D eigenvalue weighted by Gasteiger charge is -2.15. The minimum atomic E-state index is -0.449. The van der Waals surface area contributed by atoms with Gasteiger partial charge in [0.05, 0.1) is 23.8 Å². The molecule has 200 valence electrons. The van der Waals surface area contributed by atoms with Crippen LogP contribution in [-0.2, 0) is 9.47 Å². The second-order valence-corrected chi connectivity index (χ2v) is 10.5. The van der Waals surface area contributed by atoms with Crippen molar-refractivity contribution in [3.8, 4) is 0 Å². The SMILES string of the molecule is CCCCCCCCCCCCCCCOC(=O)c1ccccc1C(=O)OC(C)CCCC(C)C. The minimum absolute atomic E-state index is 0.170. The normalized spacial score (nSPS) is 12.0. The predicted octanol–water partition coefficient (Wildman–Crippen LogP) is 9.31. The molecule has 1 unspecified atom stereocenters. The van der Waals surface area contributed by atoms with E-state index in [1.165, 1.54) is 70.6 Å². The average molecular weight is 489 g/mol. The Morgan fingerprint density at radius 3 is 1.66 bits per heavy atom. The Hall–Kier alpha value is -1.84. The maximum atomic E-state index is 12.6. The van der Waals surface area contributed by atoms with Crippen LogP contribution in [0.4, 0.5) is 0 Å². The van der Waals surface area contributed by atoms with Crippen LogP contribution in [0, 0.1) is 5.92 Å². The highest BCUT2D eigenvalue weighted by molar-refractivity contribution is 6.03. The van der Waals surface area contributed by atoms with Gasteiger partial charge in [-0.1, -0.05) is 116 Å². The highest BCUT2D eigenvalue weighted by Gasteiger charge is 2.20. The van der Waals surface area contributed by atoms with Crippen LogP contribution < -0.4 is 0 Å². The lowest BCUT2D eigenvalue weighted by molar-refractivity contribution is 0.0306. The molecule has 0 aliphatic heterocycles. The van der Waals surface area contributed by atoms with Crippen LogP contribution in [0.15, 0.2) is 24.3 Å². The Morgan fingerprint density at radius 1 is 0.657 bits per heavy atom. The summed E-state index contributed by atoms with van der Waals surface area (Å²) in [5.74, 6) is -0.247. The van der Waals surface area contributed by atoms with E-state index in [9.17, 15) is 9.59 Å². The molecule has 4 nitrogen and oxygen atoms in total. The van der Waals surface area contributed by atoms with Gasteiger partial charge in [0.15, 0.2) is 0 Å². The van der Waals surface area contributed by atoms with E-state index in [4.69, 9.17) is 9.47 Å². The van der Waals surface area contributed by atoms with Gasteiger partial charge in [0, 0.05) is 0 Å². The van der Waals surface area contributed by atoms with E-state index in [1.807, 2.05) is 6.92 Å². The molecule has 0 spiro atoms. The molecule has 1 rings (SSSR count). The van der Waals surface area contributed by atoms with Crippen molar-refractivity contribution in [3.63, 3.8) is 0 Å². The number of ether oxygens (including phenoxy) is 2. The molecule has 0 aromatic heterocycles. The quantitative estimate of drug-likeness (QED) is 0.128. The molecule has 4 heteroatoms. The number of rotatable bonds is 21. The van der Waals surface area contributed by atoms with Crippen LogP contribution in [0.25, 0.3) is 0 Å². The van der Waals surface area contributed by atoms with Gasteiger partial charge < -0.3 is 9.47 Å². The number of benzene rings is 1. The van der Waals surface area contributed by atoms with Crippen molar-refractivity contribution in [3.05, 3.63) is 35.4 Å². The van der Waals surface area contributed by atoms with Crippen molar-refractivity contribution in [2.24, 2.45) is 5.92 Å². The van der Waals surface area contributed by atoms with E-state index in [1.54, 1.807) is 24.3 Å². The molecule has 1 aromatic rings. The molecule has 1 aromatic carbocycles. The first-order chi connectivity index (χ1) is 17.0. The first-order valence-corrected chi connectivity index (χ1v) is 14.4. The van der Waals surface area contributed by atoms with Crippen molar-refractivity contribution < 1.29 is 19.1 Å². The van der Waals surface area contributed by atoms with E-state index < -0.39 is 11.9 Å². The monoisotopic (exact) mass is 488 g/mol. The second-order valence-electron chi connectivity index (χ2n) is 10.5. The number of unbranched alkanes of at least 4 members (excludes halogenated alkanes) is 12. The molecule has 0 radical (unpaired) electrons. The standard InChI is InChI=1S/C31H52O4/c1-5-6-7-8-9-10-11-12-13-14-15-16-19-25-34-30(32)28-23-17-18-24-29(28)31(33)35-27(4)22-20-21-26(2)3/h17-18,23-24,26-27H,5-16,19-22,25H2,1-4H3. The summed E-state index contributed by atoms with van der Waals surface area (Å²) in [4.78, 5) is 25.2. The van der Waals surface area contributed by atoms with Gasteiger partial charge >= 0.3 is 11.9 Å². The van der Waals surface area contributed by atoms with Gasteiger partial charge in [0.1, 0.15) is 0 Å². The summed E-state index contributed by atoms with van der Waals surface area (Å²) in [5, 5.41) is 0. The fourth-order valence-corrected chi connectivity index (χ4v) is 4.32. The van der Waals surface area contributed by atoms with Gasteiger partial charge in [-0.05, 0) is 44.2 Å². The predicted molar refractivity (Wildman–Crippen MR) is 146 cm³/mol. The summed E-state index contributed by atoms with van der Waals surface area (Å²) in [5.41, 5.74) is 0.583. The van der Waals surface area contributed by atoms with Crippen LogP contribution in [0.5, 0.6) is 0 Å². The minimum Gasteiger partial charge on any atom is -0.462 e. The number of carbonyl (C=O) groups excluding carboxylic acids is 2. The summed E-state index contributed by atoms with van der Waals surface area (Å²) in [6.45, 7) is 8.95. The largest absolute Gasteiger partial charge is 0.462 e. The fraction of sp³-hybridized carbons (Fsp3) is 0.742. The molecule has 0 fully saturated rings. The van der Waals surface area contributed by atoms with Crippen molar-refractivity contribution in [2.45, 2.75) is 137 Å². The summed E-state index contributed by atoms with van der Waals surface area (Å²) in [6.07, 6.45) is 19.5. The zero-order valence-electron chi connectivity index (χ0n) is 23.1. The molecule has 0 heterocycles. The smallest absolute Gasteiger partial charge is 0.339 e. The molecule has 0 aliphatic carbocycles. The maximum absolute atomic E-state index is 12.6. The van der Waals surface area contributed by atoms with E-state index in [0.29, 0.717) is 23.7 Å². The van der Waals surface area contributed by atoms with Crippen molar-refractivity contribution in [1.82, 2.24) is 0 Å². The molecule has 0 bridgehead atoms. The van der Waals surface area contributed by atoms with Crippen LogP contribution in [-0.4, -0.2) is 24.6 Å². The number of hydrogen-bond acceptors (Lipinski definition) is 4. The van der Waals surface area contributed by atoms with Crippen LogP contribution >= 0.6 is 0 Å². The number of hydrogen-bond donors (Lipinski definition) is 0. The molecule has 0 N–H and O–H groups in total. The molecule has 0 saturated heterocycles. The van der Waals surface area contributed by atoms with E-state index in [0.717, 1.165) is 32.1 Å². The van der Waals surface area contributed by atoms with Crippen molar-refractivity contribution in [1.29, 1.82) is 0 Å². The fourth-order valence-electron chi connectivity index (χ4n) is 4.32. The first-order valence-electron chi connectivity index (χ1n) is 14.4. The highest BCUT2D eigenvalue weighted by Crippen LogP contribution is 2.17. The summed E-state index contributed by atoms with van der Waals surface area (Å²) in [6, 6.07) is 6.80. The van der Waals surface area contributed by atoms with Crippen LogP contribution in [0.2, 0.25) is 0 Å². The number of carbonyl (C=O) groups is 2. The Balaban J connectivity index is 2.20. The molecule has 35 heavy (non-hydrogen) atoms. The Labute approximate surface area is 215 Å². The highest BCUT2D eigenvalue weighted by atomic mass is 16.5. The van der Waals surface area contributed by atoms with Gasteiger partial charge in [-0.2, -0.15) is 0 Å². The molecular formula is C31H52O4. The van der Waals surface area contributed by atoms with Crippen molar-refractivity contribution >= 4 is 11.9 Å². The molecular weight excluding hydrogens is 436 g/mol. The molecule has 0 amide bonds. The third kappa shape index (κ3) is 15.7. The average Bonchev–Trinajstić information content (AvgIpc) is 2.83. The number of esters is 2. The Kier molecular flexibility index (Phi) is 18.1. The zero-order chi connectivity index (χ0) is 25.7. The second kappa shape index (κ2) is 20.4. The van der Waals surface area contributed by atoms with E-state index in [-0.39, 0.29) is 6.10 Å². The summed E-state index contributed by atoms with van der Waals surface area (Å²) >= 11 is 0. The zero-order valence-corrected chi connectivity index (χ0v) is 23.1. The van der Waals surface area contributed by atoms with Gasteiger partial charge in [0.25, 0.3) is 0 Å². The molecule has 1 atom stereocenters. The van der Waals surface area contributed by atoms with Gasteiger partial charge in [0.2, 0.25) is 0 Å². The van der Waals surface area contributed by atoms with Crippen LogP contribution in [0.3, 0.4) is 0 Å². The van der Waals surface area contributed by atoms with Crippen molar-refractivity contribution in [2.75, 3.05) is 6.61 Å². The lowest BCUT2D eigenvalue weighted by Crippen LogP contribution is -2.19. The van der Waals surface area contributed by atoms with E-state index >= 15 is 0 Å². The molecule has 0 saturated carbocycles. The lowest BCUT2D eigenvalue weighted by atomic mass is 10.0. The Morgan fingerprint density at radius 2 is 1.14 bits per heavy atom. The topological polar surface area (TPSA) is 52.6 Å².